The van der Waals surface area contributed by atoms with Crippen LogP contribution in [0.3, 0.4) is 0 Å². The van der Waals surface area contributed by atoms with Gasteiger partial charge in [-0.3, -0.25) is 0 Å². The molecule has 0 aliphatic rings. The van der Waals surface area contributed by atoms with Crippen molar-refractivity contribution in [2.24, 2.45) is 0 Å². The molecular formula is C27H19BrINO2. The number of methoxy groups -OCH3 is 1. The minimum Gasteiger partial charge on any atom is -0.493 e. The molecule has 4 rings (SSSR count). The van der Waals surface area contributed by atoms with Crippen molar-refractivity contribution in [2.75, 3.05) is 7.11 Å². The lowest BCUT2D eigenvalue weighted by molar-refractivity contribution is 0.282. The number of halogens is 2. The quantitative estimate of drug-likeness (QED) is 0.129. The van der Waals surface area contributed by atoms with Crippen molar-refractivity contribution in [1.82, 2.24) is 0 Å². The summed E-state index contributed by atoms with van der Waals surface area (Å²) in [7, 11) is 1.62. The molecule has 0 aliphatic heterocycles. The largest absolute Gasteiger partial charge is 0.493 e. The molecule has 0 radical (unpaired) electrons. The Labute approximate surface area is 209 Å². The fraction of sp³-hybridized carbons (Fsp3) is 0.0741. The number of hydrogen-bond acceptors (Lipinski definition) is 3. The number of fused-ring (bicyclic) bond motifs is 1. The number of hydrogen-bond donors (Lipinski definition) is 0. The molecule has 0 unspecified atom stereocenters. The van der Waals surface area contributed by atoms with Crippen LogP contribution in [0.5, 0.6) is 11.5 Å². The third-order valence-electron chi connectivity index (χ3n) is 5.04. The minimum atomic E-state index is 0.440. The molecule has 3 nitrogen and oxygen atoms in total. The first-order chi connectivity index (χ1) is 15.6. The van der Waals surface area contributed by atoms with Crippen LogP contribution in [-0.4, -0.2) is 7.11 Å². The van der Waals surface area contributed by atoms with E-state index < -0.39 is 0 Å². The van der Waals surface area contributed by atoms with Gasteiger partial charge < -0.3 is 9.47 Å². The Balaban J connectivity index is 1.63. The average molecular weight is 596 g/mol. The predicted molar refractivity (Wildman–Crippen MR) is 142 cm³/mol. The Morgan fingerprint density at radius 3 is 2.47 bits per heavy atom. The first-order valence-electron chi connectivity index (χ1n) is 9.93. The third kappa shape index (κ3) is 5.14. The molecule has 0 N–H and O–H groups in total. The van der Waals surface area contributed by atoms with Gasteiger partial charge in [0, 0.05) is 4.47 Å². The number of nitrogens with zero attached hydrogens (tertiary/aromatic N) is 1. The lowest BCUT2D eigenvalue weighted by Crippen LogP contribution is -2.00. The smallest absolute Gasteiger partial charge is 0.174 e. The highest BCUT2D eigenvalue weighted by atomic mass is 127. The van der Waals surface area contributed by atoms with Gasteiger partial charge in [-0.2, -0.15) is 5.26 Å². The predicted octanol–water partition coefficient (Wildman–Crippen LogP) is 7.86. The van der Waals surface area contributed by atoms with Crippen LogP contribution in [-0.2, 0) is 6.61 Å². The monoisotopic (exact) mass is 595 g/mol. The lowest BCUT2D eigenvalue weighted by Gasteiger charge is -2.14. The highest BCUT2D eigenvalue weighted by molar-refractivity contribution is 14.1. The molecule has 0 saturated carbocycles. The van der Waals surface area contributed by atoms with E-state index in [-0.39, 0.29) is 0 Å². The molecule has 4 aromatic carbocycles. The number of allylic oxidation sites excluding steroid dienone is 1. The Morgan fingerprint density at radius 1 is 1.00 bits per heavy atom. The van der Waals surface area contributed by atoms with Gasteiger partial charge in [0.15, 0.2) is 11.5 Å². The van der Waals surface area contributed by atoms with Crippen LogP contribution in [0.1, 0.15) is 16.7 Å². The van der Waals surface area contributed by atoms with Crippen molar-refractivity contribution in [3.05, 3.63) is 104 Å². The van der Waals surface area contributed by atoms with Gasteiger partial charge >= 0.3 is 0 Å². The van der Waals surface area contributed by atoms with E-state index in [9.17, 15) is 5.26 Å². The van der Waals surface area contributed by atoms with Crippen LogP contribution in [0.15, 0.2) is 83.3 Å². The molecule has 0 aromatic heterocycles. The molecule has 4 aromatic rings. The summed E-state index contributed by atoms with van der Waals surface area (Å²) < 4.78 is 13.6. The summed E-state index contributed by atoms with van der Waals surface area (Å²) in [4.78, 5) is 0. The summed E-state index contributed by atoms with van der Waals surface area (Å²) in [5.74, 6) is 1.33. The minimum absolute atomic E-state index is 0.440. The van der Waals surface area contributed by atoms with Gasteiger partial charge in [0.2, 0.25) is 0 Å². The molecule has 32 heavy (non-hydrogen) atoms. The van der Waals surface area contributed by atoms with Gasteiger partial charge in [-0.15, -0.1) is 0 Å². The van der Waals surface area contributed by atoms with Gasteiger partial charge in [-0.25, -0.2) is 0 Å². The van der Waals surface area contributed by atoms with Crippen molar-refractivity contribution in [2.45, 2.75) is 6.61 Å². The van der Waals surface area contributed by atoms with Crippen LogP contribution >= 0.6 is 38.5 Å². The van der Waals surface area contributed by atoms with Crippen molar-refractivity contribution >= 4 is 60.9 Å². The van der Waals surface area contributed by atoms with Gasteiger partial charge in [0.1, 0.15) is 6.61 Å². The molecule has 0 heterocycles. The number of nitriles is 1. The molecule has 0 saturated heterocycles. The van der Waals surface area contributed by atoms with E-state index in [4.69, 9.17) is 9.47 Å². The first kappa shape index (κ1) is 22.4. The fourth-order valence-electron chi connectivity index (χ4n) is 3.40. The summed E-state index contributed by atoms with van der Waals surface area (Å²) >= 11 is 5.69. The van der Waals surface area contributed by atoms with E-state index in [1.165, 1.54) is 0 Å². The molecule has 0 atom stereocenters. The zero-order valence-corrected chi connectivity index (χ0v) is 21.1. The van der Waals surface area contributed by atoms with Crippen molar-refractivity contribution < 1.29 is 9.47 Å². The molecular weight excluding hydrogens is 577 g/mol. The van der Waals surface area contributed by atoms with Crippen LogP contribution in [0, 0.1) is 14.9 Å². The standard InChI is InChI=1S/C27H19BrINO2/c1-31-26-14-19(13-25(29)27(26)32-17-18-6-10-24(28)11-7-18)12-23(16-30)22-9-8-20-4-2-3-5-21(20)15-22/h2-15H,17H2,1H3/b23-12-. The van der Waals surface area contributed by atoms with Crippen LogP contribution in [0.4, 0.5) is 0 Å². The summed E-state index contributed by atoms with van der Waals surface area (Å²) in [5, 5.41) is 12.1. The summed E-state index contributed by atoms with van der Waals surface area (Å²) in [6.07, 6.45) is 1.88. The third-order valence-corrected chi connectivity index (χ3v) is 6.37. The summed E-state index contributed by atoms with van der Waals surface area (Å²) in [6.45, 7) is 0.440. The number of benzene rings is 4. The maximum absolute atomic E-state index is 9.81. The number of rotatable bonds is 6. The zero-order chi connectivity index (χ0) is 22.5. The van der Waals surface area contributed by atoms with E-state index in [1.807, 2.05) is 72.8 Å². The van der Waals surface area contributed by atoms with E-state index in [0.29, 0.717) is 23.7 Å². The second kappa shape index (κ2) is 10.2. The van der Waals surface area contributed by atoms with E-state index in [0.717, 1.165) is 35.5 Å². The van der Waals surface area contributed by atoms with Crippen molar-refractivity contribution in [1.29, 1.82) is 5.26 Å². The van der Waals surface area contributed by atoms with E-state index >= 15 is 0 Å². The van der Waals surface area contributed by atoms with E-state index in [2.05, 4.69) is 56.7 Å². The van der Waals surface area contributed by atoms with Crippen molar-refractivity contribution in [3.63, 3.8) is 0 Å². The number of ether oxygens (including phenoxy) is 2. The maximum Gasteiger partial charge on any atom is 0.174 e. The Hall–Kier alpha value is -2.82. The Bertz CT molecular complexity index is 1340. The summed E-state index contributed by atoms with van der Waals surface area (Å²) in [6, 6.07) is 28.4. The highest BCUT2D eigenvalue weighted by Gasteiger charge is 2.12. The Morgan fingerprint density at radius 2 is 1.75 bits per heavy atom. The molecule has 0 fully saturated rings. The van der Waals surface area contributed by atoms with Crippen LogP contribution in [0.2, 0.25) is 0 Å². The first-order valence-corrected chi connectivity index (χ1v) is 11.8. The molecule has 5 heteroatoms. The van der Waals surface area contributed by atoms with Crippen molar-refractivity contribution in [3.8, 4) is 17.6 Å². The second-order valence-corrected chi connectivity index (χ2v) is 9.26. The molecule has 158 valence electrons. The normalized spacial score (nSPS) is 11.2. The molecule has 0 aliphatic carbocycles. The van der Waals surface area contributed by atoms with Crippen LogP contribution in [0.25, 0.3) is 22.4 Å². The van der Waals surface area contributed by atoms with Gasteiger partial charge in [-0.1, -0.05) is 64.5 Å². The summed E-state index contributed by atoms with van der Waals surface area (Å²) in [5.41, 5.74) is 3.43. The highest BCUT2D eigenvalue weighted by Crippen LogP contribution is 2.36. The van der Waals surface area contributed by atoms with Gasteiger partial charge in [0.05, 0.1) is 22.3 Å². The second-order valence-electron chi connectivity index (χ2n) is 7.18. The van der Waals surface area contributed by atoms with E-state index in [1.54, 1.807) is 7.11 Å². The fourth-order valence-corrected chi connectivity index (χ4v) is 4.45. The lowest BCUT2D eigenvalue weighted by atomic mass is 10.00. The van der Waals surface area contributed by atoms with Gasteiger partial charge in [0.25, 0.3) is 0 Å². The Kier molecular flexibility index (Phi) is 7.13. The van der Waals surface area contributed by atoms with Crippen LogP contribution < -0.4 is 9.47 Å². The average Bonchev–Trinajstić information content (AvgIpc) is 2.82. The topological polar surface area (TPSA) is 42.2 Å². The molecule has 0 bridgehead atoms. The molecule has 0 amide bonds. The zero-order valence-electron chi connectivity index (χ0n) is 17.3. The maximum atomic E-state index is 9.81. The SMILES string of the molecule is COc1cc(/C=C(/C#N)c2ccc3ccccc3c2)cc(I)c1OCc1ccc(Br)cc1. The van der Waals surface area contributed by atoms with Gasteiger partial charge in [-0.05, 0) is 86.5 Å². The molecule has 0 spiro atoms.